The van der Waals surface area contributed by atoms with Crippen molar-refractivity contribution in [3.8, 4) is 0 Å². The molecular weight excluding hydrogens is 288 g/mol. The number of nitrogens with zero attached hydrogens (tertiary/aromatic N) is 1. The zero-order valence-corrected chi connectivity index (χ0v) is 13.4. The maximum absolute atomic E-state index is 11.5. The lowest BCUT2D eigenvalue weighted by atomic mass is 9.63. The van der Waals surface area contributed by atoms with Crippen LogP contribution in [-0.2, 0) is 5.41 Å². The lowest BCUT2D eigenvalue weighted by Crippen LogP contribution is -2.71. The van der Waals surface area contributed by atoms with Crippen molar-refractivity contribution in [2.75, 3.05) is 5.32 Å². The third-order valence-electron chi connectivity index (χ3n) is 8.05. The maximum atomic E-state index is 11.5. The van der Waals surface area contributed by atoms with Crippen LogP contribution >= 0.6 is 0 Å². The van der Waals surface area contributed by atoms with Gasteiger partial charge < -0.3 is 15.5 Å². The fourth-order valence-corrected chi connectivity index (χ4v) is 7.40. The fourth-order valence-electron chi connectivity index (χ4n) is 7.40. The molecule has 23 heavy (non-hydrogen) atoms. The van der Waals surface area contributed by atoms with E-state index in [-0.39, 0.29) is 23.8 Å². The second kappa shape index (κ2) is 3.93. The Bertz CT molecular complexity index is 694. The molecule has 4 saturated heterocycles. The predicted molar refractivity (Wildman–Crippen MR) is 87.0 cm³/mol. The van der Waals surface area contributed by atoms with Gasteiger partial charge in [0.1, 0.15) is 6.23 Å². The smallest absolute Gasteiger partial charge is 0.111 e. The molecule has 1 aromatic carbocycles. The van der Waals surface area contributed by atoms with E-state index >= 15 is 0 Å². The second-order valence-electron chi connectivity index (χ2n) is 8.40. The van der Waals surface area contributed by atoms with Gasteiger partial charge in [-0.3, -0.25) is 4.90 Å². The molecule has 1 spiro atoms. The van der Waals surface area contributed by atoms with E-state index in [0.717, 1.165) is 19.3 Å². The van der Waals surface area contributed by atoms with Crippen molar-refractivity contribution in [3.63, 3.8) is 0 Å². The summed E-state index contributed by atoms with van der Waals surface area (Å²) < 4.78 is 0. The molecule has 0 amide bonds. The van der Waals surface area contributed by atoms with E-state index in [2.05, 4.69) is 41.4 Å². The molecule has 0 aromatic heterocycles. The van der Waals surface area contributed by atoms with Gasteiger partial charge in [0.25, 0.3) is 0 Å². The van der Waals surface area contributed by atoms with Crippen LogP contribution in [0.15, 0.2) is 24.3 Å². The molecule has 4 nitrogen and oxygen atoms in total. The third-order valence-corrected chi connectivity index (χ3v) is 8.05. The third kappa shape index (κ3) is 1.20. The zero-order valence-electron chi connectivity index (χ0n) is 13.4. The SMILES string of the molecule is CC[C@H]1[C@@H]2C[C@H]3[C@@H]4Nc5ccccc5[C@]45C[C@@H]([C@H]2[C@H]5O)N3[C@@H]1O. The molecule has 4 heteroatoms. The van der Waals surface area contributed by atoms with Crippen molar-refractivity contribution in [1.29, 1.82) is 0 Å². The van der Waals surface area contributed by atoms with Gasteiger partial charge in [0.15, 0.2) is 0 Å². The first-order chi connectivity index (χ1) is 11.2. The Kier molecular flexibility index (Phi) is 2.26. The normalized spacial score (nSPS) is 57.3. The number of piperidine rings is 4. The number of hydrogen-bond acceptors (Lipinski definition) is 4. The van der Waals surface area contributed by atoms with Crippen molar-refractivity contribution in [2.45, 2.75) is 62.1 Å². The first kappa shape index (κ1) is 13.2. The summed E-state index contributed by atoms with van der Waals surface area (Å²) in [4.78, 5) is 2.39. The number of para-hydroxylation sites is 1. The summed E-state index contributed by atoms with van der Waals surface area (Å²) in [6.07, 6.45) is 2.52. The van der Waals surface area contributed by atoms with Crippen molar-refractivity contribution in [1.82, 2.24) is 4.90 Å². The van der Waals surface area contributed by atoms with Crippen LogP contribution in [0.3, 0.4) is 0 Å². The Hall–Kier alpha value is -1.10. The predicted octanol–water partition coefficient (Wildman–Crippen LogP) is 1.53. The highest BCUT2D eigenvalue weighted by atomic mass is 16.3. The highest BCUT2D eigenvalue weighted by molar-refractivity contribution is 5.65. The van der Waals surface area contributed by atoms with Crippen molar-refractivity contribution < 1.29 is 10.2 Å². The monoisotopic (exact) mass is 312 g/mol. The number of nitrogens with one attached hydrogen (secondary N) is 1. The van der Waals surface area contributed by atoms with E-state index < -0.39 is 0 Å². The van der Waals surface area contributed by atoms with Crippen LogP contribution in [0.25, 0.3) is 0 Å². The van der Waals surface area contributed by atoms with E-state index in [1.165, 1.54) is 11.3 Å². The highest BCUT2D eigenvalue weighted by Crippen LogP contribution is 2.67. The highest BCUT2D eigenvalue weighted by Gasteiger charge is 2.75. The lowest BCUT2D eigenvalue weighted by Gasteiger charge is -2.61. The van der Waals surface area contributed by atoms with Gasteiger partial charge in [-0.05, 0) is 36.8 Å². The minimum Gasteiger partial charge on any atom is -0.392 e. The summed E-state index contributed by atoms with van der Waals surface area (Å²) >= 11 is 0. The number of aliphatic hydroxyl groups is 2. The summed E-state index contributed by atoms with van der Waals surface area (Å²) in [6, 6.07) is 9.50. The fraction of sp³-hybridized carbons (Fsp3) is 0.684. The summed E-state index contributed by atoms with van der Waals surface area (Å²) in [5.74, 6) is 1.13. The van der Waals surface area contributed by atoms with Crippen LogP contribution in [0.1, 0.15) is 31.7 Å². The maximum Gasteiger partial charge on any atom is 0.111 e. The quantitative estimate of drug-likeness (QED) is 0.736. The van der Waals surface area contributed by atoms with Crippen LogP contribution in [0, 0.1) is 17.8 Å². The van der Waals surface area contributed by atoms with Crippen molar-refractivity contribution in [3.05, 3.63) is 29.8 Å². The Morgan fingerprint density at radius 2 is 2.09 bits per heavy atom. The number of hydrogen-bond donors (Lipinski definition) is 3. The first-order valence-corrected chi connectivity index (χ1v) is 9.18. The largest absolute Gasteiger partial charge is 0.392 e. The average Bonchev–Trinajstić information content (AvgIpc) is 3.02. The molecule has 1 aromatic rings. The van der Waals surface area contributed by atoms with E-state index in [0.29, 0.717) is 29.8 Å². The number of anilines is 1. The van der Waals surface area contributed by atoms with Crippen molar-refractivity contribution >= 4 is 5.69 Å². The molecule has 5 heterocycles. The van der Waals surface area contributed by atoms with Crippen molar-refractivity contribution in [2.24, 2.45) is 17.8 Å². The van der Waals surface area contributed by atoms with E-state index in [1.807, 2.05) is 0 Å². The Morgan fingerprint density at radius 1 is 1.26 bits per heavy atom. The van der Waals surface area contributed by atoms with Crippen LogP contribution in [0.5, 0.6) is 0 Å². The summed E-state index contributed by atoms with van der Waals surface area (Å²) in [6.45, 7) is 2.18. The molecule has 1 unspecified atom stereocenters. The molecule has 0 radical (unpaired) electrons. The number of benzene rings is 1. The van der Waals surface area contributed by atoms with Gasteiger partial charge in [0.05, 0.1) is 12.1 Å². The standard InChI is InChI=1S/C19H24N2O2/c1-2-9-10-7-13-16-19(11-5-3-4-6-12(11)20-16)8-14(15(10)17(19)22)21(13)18(9)23/h3-6,9-10,13-18,20,22-23H,2,7-8H2,1H3/t9-,10-,13-,14-,15-,16-,17+,18+,19+/m0/s1. The Labute approximate surface area is 136 Å². The van der Waals surface area contributed by atoms with E-state index in [9.17, 15) is 10.2 Å². The van der Waals surface area contributed by atoms with Gasteiger partial charge >= 0.3 is 0 Å². The molecule has 5 bridgehead atoms. The molecule has 5 fully saturated rings. The van der Waals surface area contributed by atoms with Gasteiger partial charge in [-0.2, -0.15) is 0 Å². The number of aliphatic hydroxyl groups excluding tert-OH is 2. The zero-order chi connectivity index (χ0) is 15.5. The summed E-state index contributed by atoms with van der Waals surface area (Å²) in [7, 11) is 0. The van der Waals surface area contributed by atoms with Gasteiger partial charge in [0.2, 0.25) is 0 Å². The summed E-state index contributed by atoms with van der Waals surface area (Å²) in [5, 5.41) is 26.1. The minimum absolute atomic E-state index is 0.135. The minimum atomic E-state index is -0.321. The first-order valence-electron chi connectivity index (χ1n) is 9.18. The molecule has 1 saturated carbocycles. The van der Waals surface area contributed by atoms with Crippen LogP contribution in [-0.4, -0.2) is 45.6 Å². The molecule has 10 atom stereocenters. The van der Waals surface area contributed by atoms with Gasteiger partial charge in [-0.1, -0.05) is 25.1 Å². The Morgan fingerprint density at radius 3 is 2.91 bits per heavy atom. The molecule has 6 aliphatic rings. The molecular formula is C19H24N2O2. The van der Waals surface area contributed by atoms with Gasteiger partial charge in [-0.25, -0.2) is 0 Å². The molecule has 7 rings (SSSR count). The van der Waals surface area contributed by atoms with E-state index in [4.69, 9.17) is 0 Å². The number of fused-ring (bicyclic) bond motifs is 2. The number of rotatable bonds is 1. The van der Waals surface area contributed by atoms with Crippen LogP contribution in [0.2, 0.25) is 0 Å². The molecule has 5 aliphatic heterocycles. The average molecular weight is 312 g/mol. The second-order valence-corrected chi connectivity index (χ2v) is 8.40. The molecule has 1 aliphatic carbocycles. The summed E-state index contributed by atoms with van der Waals surface area (Å²) in [5.41, 5.74) is 2.38. The molecule has 122 valence electrons. The van der Waals surface area contributed by atoms with Gasteiger partial charge in [0, 0.05) is 35.0 Å². The van der Waals surface area contributed by atoms with Crippen LogP contribution < -0.4 is 5.32 Å². The van der Waals surface area contributed by atoms with Gasteiger partial charge in [-0.15, -0.1) is 0 Å². The molecule has 3 N–H and O–H groups in total. The topological polar surface area (TPSA) is 55.7 Å². The lowest BCUT2D eigenvalue weighted by molar-refractivity contribution is -0.210. The Balaban J connectivity index is 1.57. The van der Waals surface area contributed by atoms with E-state index in [1.54, 1.807) is 0 Å². The van der Waals surface area contributed by atoms with Crippen LogP contribution in [0.4, 0.5) is 5.69 Å².